The molecule has 1 atom stereocenters. The van der Waals surface area contributed by atoms with Crippen LogP contribution in [0.4, 0.5) is 14.9 Å². The van der Waals surface area contributed by atoms with Gasteiger partial charge in [0, 0.05) is 24.7 Å². The molecule has 0 radical (unpaired) electrons. The van der Waals surface area contributed by atoms with Crippen LogP contribution in [0.5, 0.6) is 0 Å². The fourth-order valence-corrected chi connectivity index (χ4v) is 2.79. The highest BCUT2D eigenvalue weighted by atomic mass is 19.1. The first-order chi connectivity index (χ1) is 10.6. The molecule has 2 amide bonds. The molecule has 0 saturated carbocycles. The number of nitrogens with zero attached hydrogens (tertiary/aromatic N) is 1. The second kappa shape index (κ2) is 6.18. The van der Waals surface area contributed by atoms with Crippen LogP contribution in [-0.4, -0.2) is 24.0 Å². The van der Waals surface area contributed by atoms with Crippen molar-refractivity contribution in [1.29, 1.82) is 0 Å². The maximum absolute atomic E-state index is 12.9. The molecule has 1 N–H and O–H groups in total. The van der Waals surface area contributed by atoms with E-state index >= 15 is 0 Å². The normalized spacial score (nSPS) is 17.5. The summed E-state index contributed by atoms with van der Waals surface area (Å²) in [6.07, 6.45) is 0.972. The molecule has 1 fully saturated rings. The average molecular weight is 298 g/mol. The molecular weight excluding hydrogens is 279 g/mol. The van der Waals surface area contributed by atoms with E-state index in [2.05, 4.69) is 36.5 Å². The number of nitrogens with one attached hydrogen (secondary N) is 1. The Balaban J connectivity index is 1.61. The Morgan fingerprint density at radius 3 is 2.50 bits per heavy atom. The van der Waals surface area contributed by atoms with Gasteiger partial charge in [0.2, 0.25) is 0 Å². The largest absolute Gasteiger partial charge is 0.324 e. The Labute approximate surface area is 129 Å². The van der Waals surface area contributed by atoms with Crippen molar-refractivity contribution < 1.29 is 9.18 Å². The van der Waals surface area contributed by atoms with Gasteiger partial charge in [-0.15, -0.1) is 0 Å². The molecule has 22 heavy (non-hydrogen) atoms. The van der Waals surface area contributed by atoms with Crippen molar-refractivity contribution in [1.82, 2.24) is 4.90 Å². The maximum atomic E-state index is 12.9. The zero-order valence-corrected chi connectivity index (χ0v) is 12.6. The molecule has 1 saturated heterocycles. The molecule has 2 aromatic carbocycles. The standard InChI is InChI=1S/C18H19FN2O/c1-13-2-4-14(5-3-13)15-10-11-21(12-15)18(22)20-17-8-6-16(19)7-9-17/h2-9,15H,10-12H2,1H3,(H,20,22)/t15-/m1/s1. The molecule has 0 aromatic heterocycles. The number of rotatable bonds is 2. The van der Waals surface area contributed by atoms with E-state index in [1.807, 2.05) is 4.90 Å². The van der Waals surface area contributed by atoms with Gasteiger partial charge in [-0.05, 0) is 43.2 Å². The van der Waals surface area contributed by atoms with Gasteiger partial charge in [-0.1, -0.05) is 29.8 Å². The number of carbonyl (C=O) groups excluding carboxylic acids is 1. The Morgan fingerprint density at radius 1 is 1.14 bits per heavy atom. The Bertz CT molecular complexity index is 652. The Hall–Kier alpha value is -2.36. The molecule has 3 rings (SSSR count). The quantitative estimate of drug-likeness (QED) is 0.887. The van der Waals surface area contributed by atoms with E-state index in [0.29, 0.717) is 11.6 Å². The summed E-state index contributed by atoms with van der Waals surface area (Å²) in [6, 6.07) is 14.2. The van der Waals surface area contributed by atoms with Gasteiger partial charge >= 0.3 is 6.03 Å². The molecule has 0 bridgehead atoms. The lowest BCUT2D eigenvalue weighted by Gasteiger charge is -2.17. The van der Waals surface area contributed by atoms with Gasteiger partial charge in [0.1, 0.15) is 5.82 Å². The highest BCUT2D eigenvalue weighted by Gasteiger charge is 2.27. The van der Waals surface area contributed by atoms with Crippen LogP contribution >= 0.6 is 0 Å². The summed E-state index contributed by atoms with van der Waals surface area (Å²) < 4.78 is 12.9. The number of anilines is 1. The molecule has 1 aliphatic heterocycles. The van der Waals surface area contributed by atoms with E-state index in [0.717, 1.165) is 19.5 Å². The number of urea groups is 1. The van der Waals surface area contributed by atoms with Gasteiger partial charge < -0.3 is 10.2 Å². The SMILES string of the molecule is Cc1ccc([C@@H]2CCN(C(=O)Nc3ccc(F)cc3)C2)cc1. The van der Waals surface area contributed by atoms with Crippen LogP contribution in [0.1, 0.15) is 23.5 Å². The molecule has 0 unspecified atom stereocenters. The molecule has 1 aliphatic rings. The number of hydrogen-bond acceptors (Lipinski definition) is 1. The Kier molecular flexibility index (Phi) is 4.09. The van der Waals surface area contributed by atoms with Crippen LogP contribution in [0.15, 0.2) is 48.5 Å². The number of hydrogen-bond donors (Lipinski definition) is 1. The second-order valence-corrected chi connectivity index (χ2v) is 5.78. The molecule has 0 aliphatic carbocycles. The van der Waals surface area contributed by atoms with Crippen LogP contribution in [0.3, 0.4) is 0 Å². The van der Waals surface area contributed by atoms with Crippen molar-refractivity contribution in [3.05, 3.63) is 65.5 Å². The van der Waals surface area contributed by atoms with Gasteiger partial charge in [-0.2, -0.15) is 0 Å². The Morgan fingerprint density at radius 2 is 1.82 bits per heavy atom. The molecule has 0 spiro atoms. The van der Waals surface area contributed by atoms with Crippen molar-refractivity contribution >= 4 is 11.7 Å². The predicted octanol–water partition coefficient (Wildman–Crippen LogP) is 4.16. The lowest BCUT2D eigenvalue weighted by atomic mass is 9.98. The third-order valence-corrected chi connectivity index (χ3v) is 4.12. The highest BCUT2D eigenvalue weighted by molar-refractivity contribution is 5.89. The minimum atomic E-state index is -0.307. The van der Waals surface area contributed by atoms with Gasteiger partial charge in [-0.3, -0.25) is 0 Å². The second-order valence-electron chi connectivity index (χ2n) is 5.78. The van der Waals surface area contributed by atoms with E-state index in [1.54, 1.807) is 12.1 Å². The number of likely N-dealkylation sites (tertiary alicyclic amines) is 1. The van der Waals surface area contributed by atoms with Gasteiger partial charge in [0.15, 0.2) is 0 Å². The van der Waals surface area contributed by atoms with Crippen molar-refractivity contribution in [2.24, 2.45) is 0 Å². The van der Waals surface area contributed by atoms with Gasteiger partial charge in [0.25, 0.3) is 0 Å². The van der Waals surface area contributed by atoms with Crippen molar-refractivity contribution in [2.45, 2.75) is 19.3 Å². The monoisotopic (exact) mass is 298 g/mol. The van der Waals surface area contributed by atoms with Gasteiger partial charge in [-0.25, -0.2) is 9.18 Å². The van der Waals surface area contributed by atoms with E-state index < -0.39 is 0 Å². The van der Waals surface area contributed by atoms with E-state index in [-0.39, 0.29) is 11.8 Å². The zero-order chi connectivity index (χ0) is 15.5. The fraction of sp³-hybridized carbons (Fsp3) is 0.278. The molecule has 114 valence electrons. The highest BCUT2D eigenvalue weighted by Crippen LogP contribution is 2.27. The van der Waals surface area contributed by atoms with E-state index in [4.69, 9.17) is 0 Å². The van der Waals surface area contributed by atoms with Gasteiger partial charge in [0.05, 0.1) is 0 Å². The molecule has 4 heteroatoms. The molecule has 1 heterocycles. The molecular formula is C18H19FN2O. The first-order valence-electron chi connectivity index (χ1n) is 7.50. The number of halogens is 1. The lowest BCUT2D eigenvalue weighted by molar-refractivity contribution is 0.222. The van der Waals surface area contributed by atoms with Crippen LogP contribution < -0.4 is 5.32 Å². The molecule has 3 nitrogen and oxygen atoms in total. The third kappa shape index (κ3) is 3.27. The summed E-state index contributed by atoms with van der Waals surface area (Å²) in [5.74, 6) is 0.0816. The van der Waals surface area contributed by atoms with Crippen molar-refractivity contribution in [3.8, 4) is 0 Å². The molecule has 2 aromatic rings. The summed E-state index contributed by atoms with van der Waals surface area (Å²) in [5, 5.41) is 2.81. The smallest absolute Gasteiger partial charge is 0.321 e. The van der Waals surface area contributed by atoms with E-state index in [9.17, 15) is 9.18 Å². The zero-order valence-electron chi connectivity index (χ0n) is 12.6. The summed E-state index contributed by atoms with van der Waals surface area (Å²) >= 11 is 0. The lowest BCUT2D eigenvalue weighted by Crippen LogP contribution is -2.32. The number of benzene rings is 2. The number of carbonyl (C=O) groups is 1. The first kappa shape index (κ1) is 14.6. The minimum absolute atomic E-state index is 0.124. The van der Waals surface area contributed by atoms with Crippen molar-refractivity contribution in [2.75, 3.05) is 18.4 Å². The summed E-state index contributed by atoms with van der Waals surface area (Å²) in [5.41, 5.74) is 3.14. The maximum Gasteiger partial charge on any atom is 0.321 e. The van der Waals surface area contributed by atoms with Crippen LogP contribution in [0.25, 0.3) is 0 Å². The van der Waals surface area contributed by atoms with Crippen LogP contribution in [0, 0.1) is 12.7 Å². The average Bonchev–Trinajstić information content (AvgIpc) is 3.00. The summed E-state index contributed by atoms with van der Waals surface area (Å²) in [6.45, 7) is 3.53. The number of aryl methyl sites for hydroxylation is 1. The van der Waals surface area contributed by atoms with Crippen LogP contribution in [-0.2, 0) is 0 Å². The van der Waals surface area contributed by atoms with Crippen LogP contribution in [0.2, 0.25) is 0 Å². The third-order valence-electron chi connectivity index (χ3n) is 4.12. The number of amides is 2. The topological polar surface area (TPSA) is 32.3 Å². The predicted molar refractivity (Wildman–Crippen MR) is 85.5 cm³/mol. The minimum Gasteiger partial charge on any atom is -0.324 e. The first-order valence-corrected chi connectivity index (χ1v) is 7.50. The summed E-state index contributed by atoms with van der Waals surface area (Å²) in [4.78, 5) is 14.1. The van der Waals surface area contributed by atoms with E-state index in [1.165, 1.54) is 23.3 Å². The van der Waals surface area contributed by atoms with Crippen molar-refractivity contribution in [3.63, 3.8) is 0 Å². The fourth-order valence-electron chi connectivity index (χ4n) is 2.79. The summed E-state index contributed by atoms with van der Waals surface area (Å²) in [7, 11) is 0.